The Morgan fingerprint density at radius 2 is 0.479 bits per heavy atom. The van der Waals surface area contributed by atoms with Crippen molar-refractivity contribution < 1.29 is 30.6 Å². The van der Waals surface area contributed by atoms with Crippen LogP contribution in [0.15, 0.2) is 54.6 Å². The van der Waals surface area contributed by atoms with Gasteiger partial charge in [0.2, 0.25) is 0 Å². The molecule has 0 atom stereocenters. The normalized spacial score (nSPS) is 10.6. The van der Waals surface area contributed by atoms with E-state index in [1.165, 1.54) is 96.3 Å². The van der Waals surface area contributed by atoms with E-state index in [-0.39, 0.29) is 34.5 Å². The van der Waals surface area contributed by atoms with Gasteiger partial charge in [0, 0.05) is 16.7 Å². The van der Waals surface area contributed by atoms with Crippen LogP contribution >= 0.6 is 0 Å². The summed E-state index contributed by atoms with van der Waals surface area (Å²) in [5.74, 6) is 1.30. The summed E-state index contributed by atoms with van der Waals surface area (Å²) in [5.41, 5.74) is 2.08. The molecule has 3 aromatic carbocycles. The van der Waals surface area contributed by atoms with Crippen LogP contribution in [0.25, 0.3) is 0 Å². The van der Waals surface area contributed by atoms with E-state index in [0.29, 0.717) is 16.7 Å². The minimum absolute atomic E-state index is 0.213. The van der Waals surface area contributed by atoms with E-state index in [4.69, 9.17) is 0 Å². The fourth-order valence-corrected chi connectivity index (χ4v) is 5.70. The average molecular weight is 667 g/mol. The predicted molar refractivity (Wildman–Crippen MR) is 201 cm³/mol. The summed E-state index contributed by atoms with van der Waals surface area (Å²) < 4.78 is 0. The van der Waals surface area contributed by atoms with Gasteiger partial charge in [-0.1, -0.05) is 135 Å². The van der Waals surface area contributed by atoms with Crippen molar-refractivity contribution in [1.82, 2.24) is 0 Å². The van der Waals surface area contributed by atoms with Crippen LogP contribution < -0.4 is 0 Å². The lowest BCUT2D eigenvalue weighted by atomic mass is 10.0. The molecule has 48 heavy (non-hydrogen) atoms. The molecular weight excluding hydrogens is 600 g/mol. The molecule has 0 amide bonds. The Morgan fingerprint density at radius 3 is 0.688 bits per heavy atom. The van der Waals surface area contributed by atoms with E-state index in [9.17, 15) is 30.6 Å². The number of hydrogen-bond donors (Lipinski definition) is 6. The number of benzene rings is 3. The molecule has 0 aromatic heterocycles. The highest BCUT2D eigenvalue weighted by Gasteiger charge is 2.07. The van der Waals surface area contributed by atoms with Crippen molar-refractivity contribution in [2.75, 3.05) is 0 Å². The molecule has 0 aliphatic heterocycles. The van der Waals surface area contributed by atoms with E-state index in [2.05, 4.69) is 20.8 Å². The van der Waals surface area contributed by atoms with Crippen molar-refractivity contribution in [3.8, 4) is 34.5 Å². The Balaban J connectivity index is 0.000000361. The van der Waals surface area contributed by atoms with Crippen LogP contribution in [-0.4, -0.2) is 30.6 Å². The fourth-order valence-electron chi connectivity index (χ4n) is 5.70. The maximum Gasteiger partial charge on any atom is 0.122 e. The van der Waals surface area contributed by atoms with Crippen molar-refractivity contribution in [3.63, 3.8) is 0 Å². The quantitative estimate of drug-likeness (QED) is 0.0629. The highest BCUT2D eigenvalue weighted by atomic mass is 16.3. The topological polar surface area (TPSA) is 121 Å². The lowest BCUT2D eigenvalue weighted by molar-refractivity contribution is 0.434. The summed E-state index contributed by atoms with van der Waals surface area (Å²) in [7, 11) is 0. The average Bonchev–Trinajstić information content (AvgIpc) is 3.06. The van der Waals surface area contributed by atoms with Crippen LogP contribution in [0.2, 0.25) is 0 Å². The number of aromatic hydroxyl groups is 6. The molecule has 0 saturated heterocycles. The smallest absolute Gasteiger partial charge is 0.122 e. The van der Waals surface area contributed by atoms with Crippen LogP contribution in [-0.2, 0) is 19.3 Å². The summed E-state index contributed by atoms with van der Waals surface area (Å²) in [5, 5.41) is 57.4. The molecule has 3 aromatic rings. The van der Waals surface area contributed by atoms with Crippen LogP contribution in [0.4, 0.5) is 0 Å². The maximum absolute atomic E-state index is 9.60. The molecule has 6 N–H and O–H groups in total. The Labute approximate surface area is 291 Å². The molecule has 6 heteroatoms. The van der Waals surface area contributed by atoms with Crippen molar-refractivity contribution in [2.45, 2.75) is 156 Å². The molecule has 0 saturated carbocycles. The predicted octanol–water partition coefficient (Wildman–Crippen LogP) is 12.0. The molecule has 0 heterocycles. The van der Waals surface area contributed by atoms with Crippen molar-refractivity contribution >= 4 is 0 Å². The number of rotatable bonds is 21. The Hall–Kier alpha value is -3.54. The number of hydrogen-bond acceptors (Lipinski definition) is 6. The number of unbranched alkanes of at least 4 members (excludes halogenated alkanes) is 15. The zero-order chi connectivity index (χ0) is 35.4. The monoisotopic (exact) mass is 666 g/mol. The summed E-state index contributed by atoms with van der Waals surface area (Å²) >= 11 is 0. The first-order chi connectivity index (χ1) is 23.3. The van der Waals surface area contributed by atoms with Crippen LogP contribution in [0, 0.1) is 0 Å². The maximum atomic E-state index is 9.60. The summed E-state index contributed by atoms with van der Waals surface area (Å²) in [6.07, 6.45) is 24.3. The Bertz CT molecular complexity index is 1160. The molecule has 0 bridgehead atoms. The molecule has 0 radical (unpaired) electrons. The Kier molecular flexibility index (Phi) is 24.3. The second kappa shape index (κ2) is 27.4. The number of phenolic OH excluding ortho intramolecular Hbond substituents is 6. The standard InChI is InChI=1S/C15H24O2.C14H22O2.C13H20O2/c1-2-3-4-5-6-7-8-10-13-14(16)11-9-12-15(13)17;1-2-3-4-5-6-7-9-12-13(15)10-8-11-14(12)16;1-2-3-4-5-6-8-11-12(14)9-7-10-13(11)15/h9,11-12,16-17H,2-8,10H2,1H3;8,10-11,15-16H,2-7,9H2,1H3;7,9-10,14-15H,2-6,8H2,1H3. The molecule has 270 valence electrons. The van der Waals surface area contributed by atoms with Crippen LogP contribution in [0.3, 0.4) is 0 Å². The van der Waals surface area contributed by atoms with E-state index in [1.54, 1.807) is 54.6 Å². The van der Waals surface area contributed by atoms with Crippen LogP contribution in [0.5, 0.6) is 34.5 Å². The minimum atomic E-state index is 0.213. The summed E-state index contributed by atoms with van der Waals surface area (Å²) in [4.78, 5) is 0. The third kappa shape index (κ3) is 18.7. The fraction of sp³-hybridized carbons (Fsp3) is 0.571. The van der Waals surface area contributed by atoms with Gasteiger partial charge in [-0.15, -0.1) is 0 Å². The first kappa shape index (κ1) is 42.5. The highest BCUT2D eigenvalue weighted by molar-refractivity contribution is 5.44. The third-order valence-electron chi connectivity index (χ3n) is 8.72. The van der Waals surface area contributed by atoms with E-state index in [1.807, 2.05) is 0 Å². The molecule has 3 rings (SSSR count). The van der Waals surface area contributed by atoms with Gasteiger partial charge in [0.05, 0.1) is 0 Å². The molecule has 6 nitrogen and oxygen atoms in total. The highest BCUT2D eigenvalue weighted by Crippen LogP contribution is 2.30. The van der Waals surface area contributed by atoms with Crippen LogP contribution in [0.1, 0.15) is 153 Å². The SMILES string of the molecule is CCCCCCCCCc1c(O)cccc1O.CCCCCCCCc1c(O)cccc1O.CCCCCCCc1c(O)cccc1O. The van der Waals surface area contributed by atoms with Gasteiger partial charge in [0.25, 0.3) is 0 Å². The lowest BCUT2D eigenvalue weighted by Crippen LogP contribution is -1.88. The molecule has 0 spiro atoms. The summed E-state index contributed by atoms with van der Waals surface area (Å²) in [6.45, 7) is 6.62. The van der Waals surface area contributed by atoms with Gasteiger partial charge >= 0.3 is 0 Å². The molecular formula is C42H66O6. The zero-order valence-electron chi connectivity index (χ0n) is 30.2. The van der Waals surface area contributed by atoms with Gasteiger partial charge in [-0.2, -0.15) is 0 Å². The lowest BCUT2D eigenvalue weighted by Gasteiger charge is -2.06. The van der Waals surface area contributed by atoms with Gasteiger partial charge in [0.1, 0.15) is 34.5 Å². The first-order valence-electron chi connectivity index (χ1n) is 18.8. The second-order valence-electron chi connectivity index (χ2n) is 12.9. The first-order valence-corrected chi connectivity index (χ1v) is 18.8. The van der Waals surface area contributed by atoms with Gasteiger partial charge in [-0.3, -0.25) is 0 Å². The van der Waals surface area contributed by atoms with Crippen molar-refractivity contribution in [1.29, 1.82) is 0 Å². The molecule has 0 fully saturated rings. The van der Waals surface area contributed by atoms with E-state index >= 15 is 0 Å². The van der Waals surface area contributed by atoms with Gasteiger partial charge < -0.3 is 30.6 Å². The Morgan fingerprint density at radius 1 is 0.292 bits per heavy atom. The summed E-state index contributed by atoms with van der Waals surface area (Å²) in [6, 6.07) is 14.8. The van der Waals surface area contributed by atoms with Gasteiger partial charge in [0.15, 0.2) is 0 Å². The molecule has 0 aliphatic carbocycles. The third-order valence-corrected chi connectivity index (χ3v) is 8.72. The number of phenols is 6. The van der Waals surface area contributed by atoms with Gasteiger partial charge in [-0.25, -0.2) is 0 Å². The zero-order valence-corrected chi connectivity index (χ0v) is 30.2. The molecule has 0 aliphatic rings. The van der Waals surface area contributed by atoms with Crippen molar-refractivity contribution in [3.05, 3.63) is 71.3 Å². The minimum Gasteiger partial charge on any atom is -0.508 e. The largest absolute Gasteiger partial charge is 0.508 e. The van der Waals surface area contributed by atoms with E-state index in [0.717, 1.165) is 38.5 Å². The van der Waals surface area contributed by atoms with Gasteiger partial charge in [-0.05, 0) is 74.9 Å². The molecule has 0 unspecified atom stereocenters. The second-order valence-corrected chi connectivity index (χ2v) is 12.9. The van der Waals surface area contributed by atoms with E-state index < -0.39 is 0 Å². The van der Waals surface area contributed by atoms with Crippen molar-refractivity contribution in [2.24, 2.45) is 0 Å².